The molecule has 0 saturated heterocycles. The molecule has 1 aromatic rings. The standard InChI is InChI=1S/C14H16BrNO/c1-4-7-11(5-2)16-14(17)12-8-6-9-13(15)10(12)3/h2,6,8-9,11H,4,7H2,1,3H3,(H,16,17). The fraction of sp³-hybridized carbons (Fsp3) is 0.357. The van der Waals surface area contributed by atoms with Gasteiger partial charge in [-0.3, -0.25) is 4.79 Å². The van der Waals surface area contributed by atoms with Crippen molar-refractivity contribution in [3.8, 4) is 12.3 Å². The number of hydrogen-bond acceptors (Lipinski definition) is 1. The van der Waals surface area contributed by atoms with Gasteiger partial charge >= 0.3 is 0 Å². The average molecular weight is 294 g/mol. The summed E-state index contributed by atoms with van der Waals surface area (Å²) in [6.45, 7) is 3.95. The topological polar surface area (TPSA) is 29.1 Å². The van der Waals surface area contributed by atoms with E-state index in [0.29, 0.717) is 5.56 Å². The Bertz CT molecular complexity index is 448. The highest BCUT2D eigenvalue weighted by Crippen LogP contribution is 2.19. The highest BCUT2D eigenvalue weighted by atomic mass is 79.9. The van der Waals surface area contributed by atoms with E-state index in [1.165, 1.54) is 0 Å². The number of benzene rings is 1. The molecule has 1 rings (SSSR count). The summed E-state index contributed by atoms with van der Waals surface area (Å²) < 4.78 is 0.929. The molecule has 0 fully saturated rings. The highest BCUT2D eigenvalue weighted by Gasteiger charge is 2.13. The van der Waals surface area contributed by atoms with Crippen LogP contribution in [0.2, 0.25) is 0 Å². The lowest BCUT2D eigenvalue weighted by molar-refractivity contribution is 0.0943. The maximum Gasteiger partial charge on any atom is 0.252 e. The quantitative estimate of drug-likeness (QED) is 0.848. The van der Waals surface area contributed by atoms with E-state index < -0.39 is 0 Å². The van der Waals surface area contributed by atoms with Crippen molar-refractivity contribution >= 4 is 21.8 Å². The average Bonchev–Trinajstić information content (AvgIpc) is 2.31. The van der Waals surface area contributed by atoms with E-state index in [-0.39, 0.29) is 11.9 Å². The van der Waals surface area contributed by atoms with Crippen LogP contribution in [0.5, 0.6) is 0 Å². The van der Waals surface area contributed by atoms with E-state index in [4.69, 9.17) is 6.42 Å². The lowest BCUT2D eigenvalue weighted by atomic mass is 10.1. The third-order valence-corrected chi connectivity index (χ3v) is 3.46. The Morgan fingerprint density at radius 2 is 2.29 bits per heavy atom. The Balaban J connectivity index is 2.83. The first-order valence-corrected chi connectivity index (χ1v) is 6.41. The maximum absolute atomic E-state index is 12.0. The first kappa shape index (κ1) is 13.8. The summed E-state index contributed by atoms with van der Waals surface area (Å²) in [7, 11) is 0. The summed E-state index contributed by atoms with van der Waals surface area (Å²) in [5.74, 6) is 2.48. The van der Waals surface area contributed by atoms with Crippen molar-refractivity contribution in [1.82, 2.24) is 5.32 Å². The Morgan fingerprint density at radius 1 is 1.59 bits per heavy atom. The van der Waals surface area contributed by atoms with Gasteiger partial charge in [0.15, 0.2) is 0 Å². The summed E-state index contributed by atoms with van der Waals surface area (Å²) in [5, 5.41) is 2.86. The van der Waals surface area contributed by atoms with E-state index in [2.05, 4.69) is 27.2 Å². The number of carbonyl (C=O) groups excluding carboxylic acids is 1. The normalized spacial score (nSPS) is 11.6. The van der Waals surface area contributed by atoms with Crippen LogP contribution in [-0.2, 0) is 0 Å². The molecule has 0 heterocycles. The second-order valence-electron chi connectivity index (χ2n) is 3.89. The summed E-state index contributed by atoms with van der Waals surface area (Å²) >= 11 is 3.41. The number of nitrogens with one attached hydrogen (secondary N) is 1. The fourth-order valence-corrected chi connectivity index (χ4v) is 1.94. The van der Waals surface area contributed by atoms with E-state index in [0.717, 1.165) is 22.9 Å². The largest absolute Gasteiger partial charge is 0.338 e. The molecule has 0 saturated carbocycles. The Hall–Kier alpha value is -1.27. The van der Waals surface area contributed by atoms with Crippen LogP contribution in [0.25, 0.3) is 0 Å². The second-order valence-corrected chi connectivity index (χ2v) is 4.75. The molecule has 90 valence electrons. The Kier molecular flexibility index (Phi) is 5.24. The zero-order valence-corrected chi connectivity index (χ0v) is 11.7. The first-order chi connectivity index (χ1) is 8.10. The van der Waals surface area contributed by atoms with Gasteiger partial charge in [-0.1, -0.05) is 41.3 Å². The van der Waals surface area contributed by atoms with Gasteiger partial charge in [0.25, 0.3) is 5.91 Å². The van der Waals surface area contributed by atoms with Crippen molar-refractivity contribution in [3.63, 3.8) is 0 Å². The van der Waals surface area contributed by atoms with Gasteiger partial charge in [-0.25, -0.2) is 0 Å². The molecule has 0 aliphatic rings. The maximum atomic E-state index is 12.0. The number of rotatable bonds is 4. The number of hydrogen-bond donors (Lipinski definition) is 1. The van der Waals surface area contributed by atoms with Gasteiger partial charge < -0.3 is 5.32 Å². The third-order valence-electron chi connectivity index (χ3n) is 2.60. The minimum Gasteiger partial charge on any atom is -0.338 e. The van der Waals surface area contributed by atoms with Gasteiger partial charge in [-0.2, -0.15) is 0 Å². The number of carbonyl (C=O) groups is 1. The molecule has 0 aliphatic heterocycles. The van der Waals surface area contributed by atoms with E-state index in [1.54, 1.807) is 6.07 Å². The Labute approximate surface area is 111 Å². The van der Waals surface area contributed by atoms with Crippen molar-refractivity contribution in [2.45, 2.75) is 32.7 Å². The molecule has 1 aromatic carbocycles. The molecule has 0 radical (unpaired) electrons. The van der Waals surface area contributed by atoms with E-state index >= 15 is 0 Å². The lowest BCUT2D eigenvalue weighted by Gasteiger charge is -2.13. The van der Waals surface area contributed by atoms with Gasteiger partial charge in [0.1, 0.15) is 0 Å². The minimum atomic E-state index is -0.189. The first-order valence-electron chi connectivity index (χ1n) is 5.62. The predicted octanol–water partition coefficient (Wildman–Crippen LogP) is 3.29. The third kappa shape index (κ3) is 3.61. The smallest absolute Gasteiger partial charge is 0.252 e. The Morgan fingerprint density at radius 3 is 2.88 bits per heavy atom. The molecule has 1 N–H and O–H groups in total. The van der Waals surface area contributed by atoms with Crippen LogP contribution in [0.4, 0.5) is 0 Å². The molecule has 2 nitrogen and oxygen atoms in total. The molecule has 3 heteroatoms. The highest BCUT2D eigenvalue weighted by molar-refractivity contribution is 9.10. The zero-order chi connectivity index (χ0) is 12.8. The van der Waals surface area contributed by atoms with Crippen LogP contribution < -0.4 is 5.32 Å². The van der Waals surface area contributed by atoms with E-state index in [1.807, 2.05) is 26.0 Å². The van der Waals surface area contributed by atoms with Crippen LogP contribution in [0.3, 0.4) is 0 Å². The summed E-state index contributed by atoms with van der Waals surface area (Å²) in [6.07, 6.45) is 7.13. The summed E-state index contributed by atoms with van der Waals surface area (Å²) in [6, 6.07) is 5.37. The molecule has 1 atom stereocenters. The molecule has 0 spiro atoms. The molecule has 0 aliphatic carbocycles. The summed E-state index contributed by atoms with van der Waals surface area (Å²) in [4.78, 5) is 12.0. The number of halogens is 1. The molecule has 1 amide bonds. The molecule has 1 unspecified atom stereocenters. The van der Waals surface area contributed by atoms with Crippen LogP contribution in [0.15, 0.2) is 22.7 Å². The number of terminal acetylenes is 1. The molecular weight excluding hydrogens is 278 g/mol. The van der Waals surface area contributed by atoms with Crippen molar-refractivity contribution in [2.75, 3.05) is 0 Å². The van der Waals surface area contributed by atoms with Crippen LogP contribution in [0, 0.1) is 19.3 Å². The van der Waals surface area contributed by atoms with Gasteiger partial charge in [-0.15, -0.1) is 6.42 Å². The monoisotopic (exact) mass is 293 g/mol. The second kappa shape index (κ2) is 6.46. The van der Waals surface area contributed by atoms with Crippen LogP contribution in [0.1, 0.15) is 35.7 Å². The van der Waals surface area contributed by atoms with Crippen molar-refractivity contribution in [1.29, 1.82) is 0 Å². The number of amides is 1. The van der Waals surface area contributed by atoms with Crippen LogP contribution in [-0.4, -0.2) is 11.9 Å². The van der Waals surface area contributed by atoms with Crippen molar-refractivity contribution in [2.24, 2.45) is 0 Å². The SMILES string of the molecule is C#CC(CCC)NC(=O)c1cccc(Br)c1C. The van der Waals surface area contributed by atoms with E-state index in [9.17, 15) is 4.79 Å². The lowest BCUT2D eigenvalue weighted by Crippen LogP contribution is -2.34. The van der Waals surface area contributed by atoms with Crippen molar-refractivity contribution < 1.29 is 4.79 Å². The predicted molar refractivity (Wildman–Crippen MR) is 73.9 cm³/mol. The van der Waals surface area contributed by atoms with Gasteiger partial charge in [-0.05, 0) is 31.0 Å². The molecule has 0 aromatic heterocycles. The molecule has 0 bridgehead atoms. The molecular formula is C14H16BrNO. The molecule has 17 heavy (non-hydrogen) atoms. The van der Waals surface area contributed by atoms with Crippen molar-refractivity contribution in [3.05, 3.63) is 33.8 Å². The van der Waals surface area contributed by atoms with Gasteiger partial charge in [0.2, 0.25) is 0 Å². The van der Waals surface area contributed by atoms with Gasteiger partial charge in [0, 0.05) is 10.0 Å². The van der Waals surface area contributed by atoms with Gasteiger partial charge in [0.05, 0.1) is 6.04 Å². The van der Waals surface area contributed by atoms with Crippen LogP contribution >= 0.6 is 15.9 Å². The minimum absolute atomic E-state index is 0.111. The zero-order valence-electron chi connectivity index (χ0n) is 10.1. The summed E-state index contributed by atoms with van der Waals surface area (Å²) in [5.41, 5.74) is 1.59. The fourth-order valence-electron chi connectivity index (χ4n) is 1.58.